The maximum Gasteiger partial charge on any atom is 0.310 e. The smallest absolute Gasteiger partial charge is 0.310 e. The summed E-state index contributed by atoms with van der Waals surface area (Å²) >= 11 is 0. The molecular weight excluding hydrogens is 408 g/mol. The molecule has 1 aliphatic heterocycles. The molecule has 2 amide bonds. The average Bonchev–Trinajstić information content (AvgIpc) is 2.82. The van der Waals surface area contributed by atoms with Crippen LogP contribution in [0.3, 0.4) is 0 Å². The number of carbonyl (C=O) groups excluding carboxylic acids is 3. The van der Waals surface area contributed by atoms with E-state index in [0.717, 1.165) is 29.4 Å². The molecule has 1 aliphatic rings. The van der Waals surface area contributed by atoms with Gasteiger partial charge in [-0.3, -0.25) is 14.4 Å². The maximum absolute atomic E-state index is 12.6. The number of amides is 2. The van der Waals surface area contributed by atoms with E-state index >= 15 is 0 Å². The molecule has 2 aromatic carbocycles. The normalized spacial score (nSPS) is 15.9. The fourth-order valence-corrected chi connectivity index (χ4v) is 3.97. The standard InChI is InChI=1S/C25H32N2O5/c1-3-31-25(30)20-11-7-15-27(17-20)24(29)18-26(2)23(28)14-8-16-32-22-13-6-10-19-9-4-5-12-21(19)22/h4-6,9-10,12-13,20H,3,7-8,11,14-18H2,1-2H3. The molecule has 32 heavy (non-hydrogen) atoms. The minimum absolute atomic E-state index is 0.0125. The third-order valence-corrected chi connectivity index (χ3v) is 5.73. The first-order chi connectivity index (χ1) is 15.5. The van der Waals surface area contributed by atoms with Gasteiger partial charge in [0, 0.05) is 31.9 Å². The van der Waals surface area contributed by atoms with Gasteiger partial charge in [0.05, 0.1) is 25.7 Å². The van der Waals surface area contributed by atoms with Crippen molar-refractivity contribution in [2.75, 3.05) is 39.9 Å². The second-order valence-electron chi connectivity index (χ2n) is 8.11. The van der Waals surface area contributed by atoms with Crippen molar-refractivity contribution in [3.05, 3.63) is 42.5 Å². The number of fused-ring (bicyclic) bond motifs is 1. The summed E-state index contributed by atoms with van der Waals surface area (Å²) in [5.74, 6) is 0.0431. The first-order valence-corrected chi connectivity index (χ1v) is 11.3. The number of likely N-dealkylation sites (N-methyl/N-ethyl adjacent to an activating group) is 1. The number of benzene rings is 2. The van der Waals surface area contributed by atoms with Gasteiger partial charge in [-0.15, -0.1) is 0 Å². The molecule has 0 saturated carbocycles. The van der Waals surface area contributed by atoms with Gasteiger partial charge in [0.1, 0.15) is 5.75 Å². The number of likely N-dealkylation sites (tertiary alicyclic amines) is 1. The first-order valence-electron chi connectivity index (χ1n) is 11.3. The third kappa shape index (κ3) is 6.22. The fourth-order valence-electron chi connectivity index (χ4n) is 3.97. The lowest BCUT2D eigenvalue weighted by Gasteiger charge is -2.32. The Bertz CT molecular complexity index is 940. The van der Waals surface area contributed by atoms with E-state index in [-0.39, 0.29) is 30.2 Å². The molecule has 1 atom stereocenters. The van der Waals surface area contributed by atoms with E-state index < -0.39 is 0 Å². The number of piperidine rings is 1. The van der Waals surface area contributed by atoms with Gasteiger partial charge in [-0.2, -0.15) is 0 Å². The van der Waals surface area contributed by atoms with Gasteiger partial charge in [0.15, 0.2) is 0 Å². The summed E-state index contributed by atoms with van der Waals surface area (Å²) in [4.78, 5) is 40.2. The van der Waals surface area contributed by atoms with Gasteiger partial charge in [0.2, 0.25) is 11.8 Å². The van der Waals surface area contributed by atoms with E-state index in [2.05, 4.69) is 0 Å². The Balaban J connectivity index is 1.41. The molecule has 7 heteroatoms. The second-order valence-corrected chi connectivity index (χ2v) is 8.11. The van der Waals surface area contributed by atoms with Crippen LogP contribution in [0.4, 0.5) is 0 Å². The Morgan fingerprint density at radius 2 is 1.91 bits per heavy atom. The largest absolute Gasteiger partial charge is 0.493 e. The molecule has 3 rings (SSSR count). The van der Waals surface area contributed by atoms with Crippen molar-refractivity contribution in [1.29, 1.82) is 0 Å². The number of ether oxygens (including phenoxy) is 2. The van der Waals surface area contributed by atoms with E-state index in [9.17, 15) is 14.4 Å². The minimum atomic E-state index is -0.278. The Morgan fingerprint density at radius 3 is 2.72 bits per heavy atom. The van der Waals surface area contributed by atoms with Crippen molar-refractivity contribution >= 4 is 28.6 Å². The van der Waals surface area contributed by atoms with Gasteiger partial charge < -0.3 is 19.3 Å². The molecule has 0 aliphatic carbocycles. The van der Waals surface area contributed by atoms with E-state index in [1.165, 1.54) is 4.90 Å². The van der Waals surface area contributed by atoms with Crippen LogP contribution in [0.25, 0.3) is 10.8 Å². The maximum atomic E-state index is 12.6. The van der Waals surface area contributed by atoms with Crippen LogP contribution in [0, 0.1) is 5.92 Å². The highest BCUT2D eigenvalue weighted by molar-refractivity contribution is 5.88. The Hall–Kier alpha value is -3.09. The summed E-state index contributed by atoms with van der Waals surface area (Å²) in [7, 11) is 1.64. The van der Waals surface area contributed by atoms with Crippen LogP contribution in [-0.4, -0.2) is 67.5 Å². The first kappa shape index (κ1) is 23.6. The number of hydrogen-bond donors (Lipinski definition) is 0. The van der Waals surface area contributed by atoms with Crippen molar-refractivity contribution in [3.8, 4) is 5.75 Å². The molecular formula is C25H32N2O5. The molecule has 0 radical (unpaired) electrons. The zero-order valence-electron chi connectivity index (χ0n) is 18.9. The van der Waals surface area contributed by atoms with Crippen LogP contribution in [0.1, 0.15) is 32.6 Å². The van der Waals surface area contributed by atoms with Crippen molar-refractivity contribution in [2.24, 2.45) is 5.92 Å². The molecule has 172 valence electrons. The molecule has 2 aromatic rings. The molecule has 1 heterocycles. The van der Waals surface area contributed by atoms with Crippen LogP contribution < -0.4 is 4.74 Å². The summed E-state index contributed by atoms with van der Waals surface area (Å²) in [5.41, 5.74) is 0. The van der Waals surface area contributed by atoms with Crippen molar-refractivity contribution in [1.82, 2.24) is 9.80 Å². The fraction of sp³-hybridized carbons (Fsp3) is 0.480. The quantitative estimate of drug-likeness (QED) is 0.442. The zero-order chi connectivity index (χ0) is 22.9. The van der Waals surface area contributed by atoms with Gasteiger partial charge >= 0.3 is 5.97 Å². The van der Waals surface area contributed by atoms with Gasteiger partial charge in [-0.1, -0.05) is 36.4 Å². The summed E-state index contributed by atoms with van der Waals surface area (Å²) in [6.07, 6.45) is 2.36. The average molecular weight is 441 g/mol. The predicted molar refractivity (Wildman–Crippen MR) is 122 cm³/mol. The predicted octanol–water partition coefficient (Wildman–Crippen LogP) is 3.26. The second kappa shape index (κ2) is 11.5. The summed E-state index contributed by atoms with van der Waals surface area (Å²) < 4.78 is 11.0. The molecule has 0 N–H and O–H groups in total. The summed E-state index contributed by atoms with van der Waals surface area (Å²) in [6, 6.07) is 13.9. The lowest BCUT2D eigenvalue weighted by Crippen LogP contribution is -2.47. The van der Waals surface area contributed by atoms with Gasteiger partial charge in [-0.25, -0.2) is 0 Å². The lowest BCUT2D eigenvalue weighted by molar-refractivity contribution is -0.152. The molecule has 1 saturated heterocycles. The third-order valence-electron chi connectivity index (χ3n) is 5.73. The summed E-state index contributed by atoms with van der Waals surface area (Å²) in [5, 5.41) is 2.16. The van der Waals surface area contributed by atoms with Crippen LogP contribution in [0.2, 0.25) is 0 Å². The molecule has 0 spiro atoms. The van der Waals surface area contributed by atoms with Crippen molar-refractivity contribution in [2.45, 2.75) is 32.6 Å². The number of hydrogen-bond acceptors (Lipinski definition) is 5. The van der Waals surface area contributed by atoms with E-state index in [1.807, 2.05) is 42.5 Å². The highest BCUT2D eigenvalue weighted by Crippen LogP contribution is 2.25. The topological polar surface area (TPSA) is 76.2 Å². The minimum Gasteiger partial charge on any atom is -0.493 e. The Kier molecular flexibility index (Phi) is 8.48. The van der Waals surface area contributed by atoms with Gasteiger partial charge in [-0.05, 0) is 37.6 Å². The van der Waals surface area contributed by atoms with Crippen LogP contribution in [0.15, 0.2) is 42.5 Å². The number of carbonyl (C=O) groups is 3. The number of rotatable bonds is 9. The van der Waals surface area contributed by atoms with Crippen molar-refractivity contribution in [3.63, 3.8) is 0 Å². The highest BCUT2D eigenvalue weighted by Gasteiger charge is 2.30. The Labute approximate surface area is 189 Å². The lowest BCUT2D eigenvalue weighted by atomic mass is 9.98. The van der Waals surface area contributed by atoms with Gasteiger partial charge in [0.25, 0.3) is 0 Å². The van der Waals surface area contributed by atoms with Crippen LogP contribution in [0.5, 0.6) is 5.75 Å². The zero-order valence-corrected chi connectivity index (χ0v) is 18.9. The number of nitrogens with zero attached hydrogens (tertiary/aromatic N) is 2. The van der Waals surface area contributed by atoms with Crippen molar-refractivity contribution < 1.29 is 23.9 Å². The van der Waals surface area contributed by atoms with Crippen LogP contribution >= 0.6 is 0 Å². The monoisotopic (exact) mass is 440 g/mol. The highest BCUT2D eigenvalue weighted by atomic mass is 16.5. The SMILES string of the molecule is CCOC(=O)C1CCCN(C(=O)CN(C)C(=O)CCCOc2cccc3ccccc23)C1. The molecule has 1 unspecified atom stereocenters. The number of esters is 1. The van der Waals surface area contributed by atoms with E-state index in [4.69, 9.17) is 9.47 Å². The Morgan fingerprint density at radius 1 is 1.12 bits per heavy atom. The molecule has 0 bridgehead atoms. The molecule has 7 nitrogen and oxygen atoms in total. The molecule has 1 fully saturated rings. The summed E-state index contributed by atoms with van der Waals surface area (Å²) in [6.45, 7) is 3.52. The van der Waals surface area contributed by atoms with Crippen LogP contribution in [-0.2, 0) is 19.1 Å². The molecule has 0 aromatic heterocycles. The van der Waals surface area contributed by atoms with E-state index in [0.29, 0.717) is 39.1 Å². The van der Waals surface area contributed by atoms with E-state index in [1.54, 1.807) is 18.9 Å².